The smallest absolute Gasteiger partial charge is 0.346 e. The van der Waals surface area contributed by atoms with E-state index in [0.717, 1.165) is 34.4 Å². The SMILES string of the molecule is CC(C)=C(Cl)N(C)C.CC(C)=C(Cl)N(C)C.NC(=O)C1=NN(CC(=O)O)C2SC=NC12.NC(=O)C1=NN(CC(=O)O)C2SC=NC12.NC(=O)C1=NN(CC(=O)ON2CC[C@H]2C(=O)Nc2cccc(-c3ccccc3Cl)c2F)C2SC=NC12.O=C(Nc1cccc(-c2ccccc2Cl)c1F)[C@@H]1CCN1.O=C(Nc1cccc(-c2ccccc2Cl)c1F)[C@@H]1CN1. The van der Waals surface area contributed by atoms with E-state index >= 15 is 4.39 Å². The first-order valence-electron chi connectivity index (χ1n) is 37.3. The number of carbonyl (C=O) groups is 9. The van der Waals surface area contributed by atoms with Crippen LogP contribution in [0, 0.1) is 17.5 Å². The lowest BCUT2D eigenvalue weighted by Gasteiger charge is -2.37. The highest BCUT2D eigenvalue weighted by atomic mass is 35.5. The van der Waals surface area contributed by atoms with Gasteiger partial charge in [0.05, 0.1) is 45.8 Å². The van der Waals surface area contributed by atoms with E-state index in [4.69, 9.17) is 90.3 Å². The second-order valence-electron chi connectivity index (χ2n) is 28.3. The molecule has 6 aromatic rings. The molecule has 0 saturated carbocycles. The van der Waals surface area contributed by atoms with Crippen LogP contribution in [-0.4, -0.2) is 247 Å². The van der Waals surface area contributed by atoms with Crippen LogP contribution in [0.25, 0.3) is 33.4 Å². The van der Waals surface area contributed by atoms with Crippen molar-refractivity contribution in [3.05, 3.63) is 181 Å². The van der Waals surface area contributed by atoms with Gasteiger partial charge in [0.25, 0.3) is 17.7 Å². The zero-order chi connectivity index (χ0) is 89.8. The number of hydrogen-bond donors (Lipinski definition) is 10. The van der Waals surface area contributed by atoms with Gasteiger partial charge in [-0.2, -0.15) is 15.3 Å². The number of hydrazone groups is 3. The van der Waals surface area contributed by atoms with Crippen molar-refractivity contribution in [3.8, 4) is 33.4 Å². The van der Waals surface area contributed by atoms with Crippen molar-refractivity contribution < 1.29 is 71.4 Å². The molecule has 9 heterocycles. The van der Waals surface area contributed by atoms with E-state index in [1.165, 1.54) is 67.5 Å². The summed E-state index contributed by atoms with van der Waals surface area (Å²) in [5, 5.41) is 50.2. The number of carboxylic acids is 2. The molecule has 0 aliphatic carbocycles. The van der Waals surface area contributed by atoms with Gasteiger partial charge in [0.2, 0.25) is 17.7 Å². The summed E-state index contributed by atoms with van der Waals surface area (Å²) in [6.45, 7) is 8.98. The van der Waals surface area contributed by atoms with E-state index in [2.05, 4.69) is 56.9 Å². The number of nitrogens with two attached hydrogens (primary N) is 3. The van der Waals surface area contributed by atoms with Crippen LogP contribution in [0.5, 0.6) is 0 Å². The molecule has 6 amide bonds. The van der Waals surface area contributed by atoms with E-state index in [9.17, 15) is 51.9 Å². The predicted octanol–water partition coefficient (Wildman–Crippen LogP) is 10.2. The molecule has 6 unspecified atom stereocenters. The minimum Gasteiger partial charge on any atom is -0.480 e. The number of fused-ring (bicyclic) bond motifs is 3. The lowest BCUT2D eigenvalue weighted by molar-refractivity contribution is -0.225. The fourth-order valence-electron chi connectivity index (χ4n) is 12.1. The molecule has 15 rings (SSSR count). The van der Waals surface area contributed by atoms with Gasteiger partial charge in [0, 0.05) is 89.7 Å². The maximum atomic E-state index is 15.2. The first kappa shape index (κ1) is 96.0. The Morgan fingerprint density at radius 3 is 1.07 bits per heavy atom. The van der Waals surface area contributed by atoms with Crippen molar-refractivity contribution in [1.82, 2.24) is 40.5 Å². The number of allylic oxidation sites excluding steroid dienone is 2. The van der Waals surface area contributed by atoms with Crippen molar-refractivity contribution in [2.24, 2.45) is 47.5 Å². The van der Waals surface area contributed by atoms with Crippen LogP contribution in [-0.2, 0) is 48.0 Å². The zero-order valence-electron chi connectivity index (χ0n) is 67.0. The second kappa shape index (κ2) is 44.5. The Kier molecular flexibility index (Phi) is 34.8. The number of carboxylic acid groups (broad SMARTS) is 2. The van der Waals surface area contributed by atoms with Crippen LogP contribution in [0.1, 0.15) is 40.5 Å². The highest BCUT2D eigenvalue weighted by Crippen LogP contribution is 2.39. The van der Waals surface area contributed by atoms with Crippen molar-refractivity contribution >= 4 is 197 Å². The minimum absolute atomic E-state index is 0.00900. The first-order chi connectivity index (χ1) is 58.5. The molecule has 3 fully saturated rings. The van der Waals surface area contributed by atoms with Crippen LogP contribution in [0.4, 0.5) is 30.2 Å². The summed E-state index contributed by atoms with van der Waals surface area (Å²) in [5.41, 5.74) is 26.0. The van der Waals surface area contributed by atoms with E-state index < -0.39 is 83.2 Å². The third-order valence-electron chi connectivity index (χ3n) is 18.4. The number of carbonyl (C=O) groups excluding carboxylic acids is 7. The summed E-state index contributed by atoms with van der Waals surface area (Å²) in [6.07, 6.45) is 1.20. The Bertz CT molecular complexity index is 5150. The molecule has 3 saturated heterocycles. The average Bonchev–Trinajstić information content (AvgIpc) is 1.69. The average molecular weight is 1850 g/mol. The number of primary amides is 3. The number of nitrogens with one attached hydrogen (secondary N) is 5. The van der Waals surface area contributed by atoms with Crippen LogP contribution >= 0.6 is 93.3 Å². The fraction of sp³-hybridized carbons (Fsp3) is 0.312. The van der Waals surface area contributed by atoms with Crippen LogP contribution in [0.15, 0.2) is 179 Å². The Labute approximate surface area is 742 Å². The summed E-state index contributed by atoms with van der Waals surface area (Å²) in [7, 11) is 7.70. The number of halogens is 8. The molecule has 0 bridgehead atoms. The Hall–Kier alpha value is -10.8. The number of anilines is 3. The molecular formula is C80H86Cl5F3N20O12S3. The van der Waals surface area contributed by atoms with E-state index in [1.807, 2.05) is 65.7 Å². The van der Waals surface area contributed by atoms with E-state index in [0.29, 0.717) is 62.4 Å². The summed E-state index contributed by atoms with van der Waals surface area (Å²) in [4.78, 5) is 125. The van der Waals surface area contributed by atoms with Crippen LogP contribution < -0.4 is 43.8 Å². The molecule has 652 valence electrons. The zero-order valence-corrected chi connectivity index (χ0v) is 73.3. The molecule has 6 aromatic carbocycles. The predicted molar refractivity (Wildman–Crippen MR) is 478 cm³/mol. The number of amides is 6. The topological polar surface area (TPSA) is 445 Å². The standard InChI is InChI=1S/C23H20ClFN6O4S.C16H14ClFN2O.C15H12ClFN2O.2C7H8N4O3S.2C6H12ClN/c24-14-6-2-1-4-12(14)13-5-3-7-15(18(13)25)28-22(34)16-8-9-31(16)35-17(32)10-30-23-20(27-11-36-23)19(29-30)21(26)33;17-12-6-2-1-4-10(12)11-5-3-7-13(15(11)18)20-16(21)14-8-9-19-14;16-11-6-2-1-4-9(11)10-5-3-7-12(14(10)17)19-15(20)13-8-18-13;2*8-6(14)4-5-7(15-2-9-5)11(10-4)1-3(12)13;2*1-5(2)6(7)8(3)4/h1-7,11,16,20,23H,8-10H2,(H2,26,33)(H,28,34);1-7,14,19H,8-9H2,(H,20,21);1-7,13,18H,8H2,(H,19,20);2*2,5,7H,1H2,(H2,8,14)(H,12,13);2*1-4H3/t16-,20?,23?;14-;13-;;;;/m000..../s1. The third kappa shape index (κ3) is 25.5. The van der Waals surface area contributed by atoms with Gasteiger partial charge in [-0.3, -0.25) is 68.4 Å². The number of rotatable bonds is 21. The highest BCUT2D eigenvalue weighted by molar-refractivity contribution is 8.13. The molecule has 9 aliphatic heterocycles. The Balaban J connectivity index is 0.000000173. The van der Waals surface area contributed by atoms with Gasteiger partial charge in [-0.15, -0.1) is 5.06 Å². The summed E-state index contributed by atoms with van der Waals surface area (Å²) in [6, 6.07) is 32.7. The van der Waals surface area contributed by atoms with E-state index in [-0.39, 0.29) is 99.4 Å². The number of nitrogens with zero attached hydrogens (tertiary/aromatic N) is 12. The Morgan fingerprint density at radius 2 is 0.797 bits per heavy atom. The largest absolute Gasteiger partial charge is 0.480 e. The van der Waals surface area contributed by atoms with Gasteiger partial charge >= 0.3 is 17.9 Å². The number of hydrogen-bond acceptors (Lipinski definition) is 27. The maximum Gasteiger partial charge on any atom is 0.346 e. The van der Waals surface area contributed by atoms with Crippen LogP contribution in [0.2, 0.25) is 15.1 Å². The van der Waals surface area contributed by atoms with Crippen LogP contribution in [0.3, 0.4) is 0 Å². The number of thioether (sulfide) groups is 3. The monoisotopic (exact) mass is 1850 g/mol. The number of aliphatic imine (C=N–C) groups is 3. The molecular weight excluding hydrogens is 1760 g/mol. The van der Waals surface area contributed by atoms with Gasteiger partial charge < -0.3 is 68.6 Å². The minimum atomic E-state index is -1.00. The number of hydroxylamine groups is 2. The summed E-state index contributed by atoms with van der Waals surface area (Å²) in [5.74, 6) is -7.21. The molecule has 32 nitrogen and oxygen atoms in total. The lowest BCUT2D eigenvalue weighted by atomic mass is 10.0. The normalized spacial score (nSPS) is 20.1. The lowest BCUT2D eigenvalue weighted by Crippen LogP contribution is -2.55. The second-order valence-corrected chi connectivity index (χ2v) is 33.1. The highest BCUT2D eigenvalue weighted by Gasteiger charge is 2.47. The van der Waals surface area contributed by atoms with Crippen molar-refractivity contribution in [3.63, 3.8) is 0 Å². The van der Waals surface area contributed by atoms with Gasteiger partial charge in [-0.1, -0.05) is 184 Å². The number of aliphatic carboxylic acids is 2. The van der Waals surface area contributed by atoms with Crippen molar-refractivity contribution in [2.75, 3.05) is 83.4 Å². The fourth-order valence-corrected chi connectivity index (χ4v) is 15.7. The number of benzene rings is 6. The van der Waals surface area contributed by atoms with Gasteiger partial charge in [-0.05, 0) is 94.6 Å². The Morgan fingerprint density at radius 1 is 0.480 bits per heavy atom. The molecule has 9 aliphatic rings. The summed E-state index contributed by atoms with van der Waals surface area (Å²) < 4.78 is 44.3. The van der Waals surface area contributed by atoms with Crippen molar-refractivity contribution in [2.45, 2.75) is 92.9 Å². The molecule has 0 aromatic heterocycles. The van der Waals surface area contributed by atoms with Gasteiger partial charge in [0.1, 0.15) is 70.2 Å². The molecule has 13 N–H and O–H groups in total. The van der Waals surface area contributed by atoms with E-state index in [1.54, 1.807) is 132 Å². The molecule has 123 heavy (non-hydrogen) atoms. The molecule has 0 radical (unpaired) electrons. The van der Waals surface area contributed by atoms with Crippen molar-refractivity contribution in [1.29, 1.82) is 0 Å². The van der Waals surface area contributed by atoms with Gasteiger partial charge in [-0.25, -0.2) is 18.0 Å². The molecule has 0 spiro atoms. The van der Waals surface area contributed by atoms with Gasteiger partial charge in [0.15, 0.2) is 34.6 Å². The first-order valence-corrected chi connectivity index (χ1v) is 42.1. The third-order valence-corrected chi connectivity index (χ3v) is 23.9. The summed E-state index contributed by atoms with van der Waals surface area (Å²) >= 11 is 33.9. The molecule has 43 heteroatoms. The molecule has 9 atom stereocenters. The quantitative estimate of drug-likeness (QED) is 0.0236. The maximum absolute atomic E-state index is 15.2.